The van der Waals surface area contributed by atoms with Crippen LogP contribution < -0.4 is 9.80 Å². The Morgan fingerprint density at radius 2 is 1.07 bits per heavy atom. The SMILES string of the molecule is CC1(C)c2ccccc2-c2cc(N(c3ccccc3)c3ccc4oc5cc(N(c6ccccc6)c6ccccc6C#N)ccc5c4c3)c3ccccc3c21. The second-order valence-electron chi connectivity index (χ2n) is 14.5. The molecule has 9 aromatic rings. The number of fused-ring (bicyclic) bond motifs is 8. The van der Waals surface area contributed by atoms with Crippen molar-refractivity contribution in [2.75, 3.05) is 9.80 Å². The molecule has 8 aromatic carbocycles. The summed E-state index contributed by atoms with van der Waals surface area (Å²) in [6.45, 7) is 4.70. The average Bonchev–Trinajstić information content (AvgIpc) is 3.70. The summed E-state index contributed by atoms with van der Waals surface area (Å²) < 4.78 is 6.60. The Bertz CT molecular complexity index is 2940. The molecule has 1 heterocycles. The van der Waals surface area contributed by atoms with E-state index >= 15 is 0 Å². The summed E-state index contributed by atoms with van der Waals surface area (Å²) in [7, 11) is 0. The van der Waals surface area contributed by atoms with Crippen LogP contribution >= 0.6 is 0 Å². The van der Waals surface area contributed by atoms with Gasteiger partial charge in [0.2, 0.25) is 0 Å². The summed E-state index contributed by atoms with van der Waals surface area (Å²) >= 11 is 0. The Hall–Kier alpha value is -7.09. The van der Waals surface area contributed by atoms with Gasteiger partial charge in [0.15, 0.2) is 0 Å². The van der Waals surface area contributed by atoms with Gasteiger partial charge in [0.05, 0.1) is 16.9 Å². The summed E-state index contributed by atoms with van der Waals surface area (Å²) in [6.07, 6.45) is 0. The van der Waals surface area contributed by atoms with Crippen LogP contribution in [-0.4, -0.2) is 0 Å². The lowest BCUT2D eigenvalue weighted by Gasteiger charge is -2.29. The lowest BCUT2D eigenvalue weighted by atomic mass is 9.80. The summed E-state index contributed by atoms with van der Waals surface area (Å²) in [4.78, 5) is 4.51. The number of hydrogen-bond donors (Lipinski definition) is 0. The topological polar surface area (TPSA) is 43.4 Å². The van der Waals surface area contributed by atoms with Crippen LogP contribution in [0.5, 0.6) is 0 Å². The van der Waals surface area contributed by atoms with Crippen LogP contribution in [0.3, 0.4) is 0 Å². The van der Waals surface area contributed by atoms with Crippen LogP contribution in [0.2, 0.25) is 0 Å². The third-order valence-corrected chi connectivity index (χ3v) is 11.0. The third-order valence-electron chi connectivity index (χ3n) is 11.0. The van der Waals surface area contributed by atoms with Crippen LogP contribution in [0.4, 0.5) is 34.1 Å². The van der Waals surface area contributed by atoms with E-state index < -0.39 is 0 Å². The summed E-state index contributed by atoms with van der Waals surface area (Å²) in [5, 5.41) is 14.6. The van der Waals surface area contributed by atoms with Crippen LogP contribution in [-0.2, 0) is 5.41 Å². The molecule has 0 radical (unpaired) electrons. The molecular weight excluding hydrogens is 659 g/mol. The highest BCUT2D eigenvalue weighted by Gasteiger charge is 2.38. The molecule has 54 heavy (non-hydrogen) atoms. The minimum absolute atomic E-state index is 0.123. The van der Waals surface area contributed by atoms with Crippen molar-refractivity contribution in [1.82, 2.24) is 0 Å². The Kier molecular flexibility index (Phi) is 7.18. The highest BCUT2D eigenvalue weighted by atomic mass is 16.3. The van der Waals surface area contributed by atoms with Crippen molar-refractivity contribution in [3.63, 3.8) is 0 Å². The van der Waals surface area contributed by atoms with Gasteiger partial charge in [-0.1, -0.05) is 111 Å². The molecular formula is C50H35N3O. The molecule has 1 aliphatic carbocycles. The van der Waals surface area contributed by atoms with Crippen molar-refractivity contribution in [2.24, 2.45) is 0 Å². The van der Waals surface area contributed by atoms with E-state index in [0.29, 0.717) is 5.56 Å². The minimum atomic E-state index is -0.123. The van der Waals surface area contributed by atoms with Gasteiger partial charge < -0.3 is 14.2 Å². The molecule has 256 valence electrons. The smallest absolute Gasteiger partial charge is 0.137 e. The number of furan rings is 1. The zero-order valence-electron chi connectivity index (χ0n) is 30.0. The van der Waals surface area contributed by atoms with E-state index in [0.717, 1.165) is 56.1 Å². The largest absolute Gasteiger partial charge is 0.456 e. The number of anilines is 6. The van der Waals surface area contributed by atoms with Crippen LogP contribution in [0.15, 0.2) is 180 Å². The van der Waals surface area contributed by atoms with Gasteiger partial charge in [-0.3, -0.25) is 0 Å². The first kappa shape index (κ1) is 31.6. The average molecular weight is 694 g/mol. The molecule has 0 aliphatic heterocycles. The molecule has 0 spiro atoms. The Labute approximate surface area is 314 Å². The normalized spacial score (nSPS) is 12.8. The molecule has 0 atom stereocenters. The first-order valence-corrected chi connectivity index (χ1v) is 18.3. The zero-order valence-corrected chi connectivity index (χ0v) is 30.0. The van der Waals surface area contributed by atoms with Gasteiger partial charge in [-0.25, -0.2) is 0 Å². The van der Waals surface area contributed by atoms with Crippen LogP contribution in [0.1, 0.15) is 30.5 Å². The van der Waals surface area contributed by atoms with E-state index in [-0.39, 0.29) is 5.41 Å². The number of nitriles is 1. The first-order valence-electron chi connectivity index (χ1n) is 18.3. The quantitative estimate of drug-likeness (QED) is 0.174. The van der Waals surface area contributed by atoms with Crippen molar-refractivity contribution in [1.29, 1.82) is 5.26 Å². The molecule has 0 unspecified atom stereocenters. The van der Waals surface area contributed by atoms with Crippen molar-refractivity contribution < 1.29 is 4.42 Å². The Balaban J connectivity index is 1.16. The summed E-state index contributed by atoms with van der Waals surface area (Å²) in [5.74, 6) is 0. The molecule has 1 aromatic heterocycles. The molecule has 0 saturated heterocycles. The van der Waals surface area contributed by atoms with Crippen molar-refractivity contribution >= 4 is 66.8 Å². The minimum Gasteiger partial charge on any atom is -0.456 e. The monoisotopic (exact) mass is 693 g/mol. The fourth-order valence-corrected chi connectivity index (χ4v) is 8.63. The van der Waals surface area contributed by atoms with Gasteiger partial charge in [-0.15, -0.1) is 0 Å². The second kappa shape index (κ2) is 12.3. The number of rotatable bonds is 6. The molecule has 0 amide bonds. The standard InChI is InChI=1S/C50H35N3O/c1-50(2)44-23-13-12-20-38(44)43-31-46(39-21-10-11-22-41(39)49(43)50)53(35-18-7-4-8-19-35)36-26-28-47-42(29-36)40-27-25-37(30-48(40)54-47)52(34-16-5-3-6-17-34)45-24-14-9-15-33(45)32-51/h3-31H,1-2H3. The van der Waals surface area contributed by atoms with Gasteiger partial charge in [-0.2, -0.15) is 5.26 Å². The molecule has 0 bridgehead atoms. The Morgan fingerprint density at radius 1 is 0.463 bits per heavy atom. The van der Waals surface area contributed by atoms with Gasteiger partial charge >= 0.3 is 0 Å². The van der Waals surface area contributed by atoms with Crippen molar-refractivity contribution in [3.8, 4) is 17.2 Å². The van der Waals surface area contributed by atoms with E-state index in [1.54, 1.807) is 0 Å². The maximum Gasteiger partial charge on any atom is 0.137 e. The predicted octanol–water partition coefficient (Wildman–Crippen LogP) is 13.9. The lowest BCUT2D eigenvalue weighted by Crippen LogP contribution is -2.16. The highest BCUT2D eigenvalue weighted by Crippen LogP contribution is 2.54. The molecule has 10 rings (SSSR count). The molecule has 4 heteroatoms. The van der Waals surface area contributed by atoms with Gasteiger partial charge in [0.25, 0.3) is 0 Å². The lowest BCUT2D eigenvalue weighted by molar-refractivity contribution is 0.666. The number of nitrogens with zero attached hydrogens (tertiary/aromatic N) is 3. The molecule has 0 fully saturated rings. The third kappa shape index (κ3) is 4.83. The second-order valence-corrected chi connectivity index (χ2v) is 14.5. The number of benzene rings is 8. The predicted molar refractivity (Wildman–Crippen MR) is 223 cm³/mol. The zero-order chi connectivity index (χ0) is 36.4. The maximum absolute atomic E-state index is 10.0. The van der Waals surface area contributed by atoms with E-state index in [2.05, 4.69) is 163 Å². The summed E-state index contributed by atoms with van der Waals surface area (Å²) in [6, 6.07) is 63.8. The first-order chi connectivity index (χ1) is 26.5. The van der Waals surface area contributed by atoms with E-state index in [4.69, 9.17) is 4.42 Å². The van der Waals surface area contributed by atoms with Gasteiger partial charge in [0.1, 0.15) is 17.2 Å². The molecule has 0 saturated carbocycles. The van der Waals surface area contributed by atoms with Crippen LogP contribution in [0.25, 0.3) is 43.8 Å². The van der Waals surface area contributed by atoms with Gasteiger partial charge in [-0.05, 0) is 100 Å². The van der Waals surface area contributed by atoms with Gasteiger partial charge in [0, 0.05) is 50.4 Å². The fraction of sp³-hybridized carbons (Fsp3) is 0.0600. The number of para-hydroxylation sites is 3. The van der Waals surface area contributed by atoms with E-state index in [9.17, 15) is 5.26 Å². The van der Waals surface area contributed by atoms with Crippen LogP contribution in [0, 0.1) is 11.3 Å². The molecule has 0 N–H and O–H groups in total. The van der Waals surface area contributed by atoms with E-state index in [1.165, 1.54) is 33.0 Å². The number of hydrogen-bond acceptors (Lipinski definition) is 4. The Morgan fingerprint density at radius 3 is 1.83 bits per heavy atom. The molecule has 1 aliphatic rings. The maximum atomic E-state index is 10.0. The van der Waals surface area contributed by atoms with Crippen molar-refractivity contribution in [2.45, 2.75) is 19.3 Å². The van der Waals surface area contributed by atoms with Crippen molar-refractivity contribution in [3.05, 3.63) is 193 Å². The molecule has 4 nitrogen and oxygen atoms in total. The highest BCUT2D eigenvalue weighted by molar-refractivity contribution is 6.10. The fourth-order valence-electron chi connectivity index (χ4n) is 8.63. The van der Waals surface area contributed by atoms with E-state index in [1.807, 2.05) is 42.5 Å². The summed E-state index contributed by atoms with van der Waals surface area (Å²) in [5.41, 5.74) is 13.3.